The zero-order chi connectivity index (χ0) is 29.1. The largest absolute Gasteiger partial charge is 0.507 e. The summed E-state index contributed by atoms with van der Waals surface area (Å²) in [4.78, 5) is 33.1. The lowest BCUT2D eigenvalue weighted by Gasteiger charge is -2.24. The van der Waals surface area contributed by atoms with Crippen molar-refractivity contribution in [1.82, 2.24) is 4.98 Å². The van der Waals surface area contributed by atoms with E-state index in [1.165, 1.54) is 30.5 Å². The van der Waals surface area contributed by atoms with Gasteiger partial charge in [0.25, 0.3) is 5.78 Å². The van der Waals surface area contributed by atoms with Crippen LogP contribution in [-0.4, -0.2) is 42.6 Å². The average Bonchev–Trinajstić information content (AvgIpc) is 3.52. The molecule has 10 heteroatoms. The molecule has 1 unspecified atom stereocenters. The van der Waals surface area contributed by atoms with Gasteiger partial charge in [-0.3, -0.25) is 14.5 Å². The molecule has 1 N–H and O–H groups in total. The molecule has 8 nitrogen and oxygen atoms in total. The molecule has 3 aromatic carbocycles. The fourth-order valence-electron chi connectivity index (χ4n) is 4.75. The van der Waals surface area contributed by atoms with Gasteiger partial charge in [0.05, 0.1) is 42.7 Å². The summed E-state index contributed by atoms with van der Waals surface area (Å²) in [5.41, 5.74) is 1.50. The number of benzene rings is 3. The van der Waals surface area contributed by atoms with Crippen molar-refractivity contribution in [2.45, 2.75) is 32.2 Å². The van der Waals surface area contributed by atoms with Gasteiger partial charge in [-0.05, 0) is 66.6 Å². The molecule has 2 heterocycles. The molecule has 0 bridgehead atoms. The Kier molecular flexibility index (Phi) is 8.46. The van der Waals surface area contributed by atoms with E-state index >= 15 is 0 Å². The standard InChI is InChI=1S/C31H29ClN2O6S/c1-4-5-6-15-40-23-14-9-19(16-24(23)39-3)27-26(28(35)18-7-11-21(38-2)12-8-18)29(36)30(37)34(27)31-33-22-13-10-20(32)17-25(22)41-31/h7-14,16-17,27,35H,4-6,15H2,1-3H3/b28-26+. The first kappa shape index (κ1) is 28.4. The van der Waals surface area contributed by atoms with Gasteiger partial charge in [0.2, 0.25) is 0 Å². The minimum absolute atomic E-state index is 0.0591. The Morgan fingerprint density at radius 2 is 1.78 bits per heavy atom. The Morgan fingerprint density at radius 1 is 1.00 bits per heavy atom. The molecular weight excluding hydrogens is 564 g/mol. The molecule has 0 saturated carbocycles. The summed E-state index contributed by atoms with van der Waals surface area (Å²) in [6, 6.07) is 16.1. The number of ether oxygens (including phenoxy) is 3. The fraction of sp³-hybridized carbons (Fsp3) is 0.258. The number of nitrogens with zero attached hydrogens (tertiary/aromatic N) is 2. The van der Waals surface area contributed by atoms with Gasteiger partial charge in [0.1, 0.15) is 11.5 Å². The van der Waals surface area contributed by atoms with Crippen LogP contribution in [-0.2, 0) is 9.59 Å². The number of hydrogen-bond acceptors (Lipinski definition) is 8. The van der Waals surface area contributed by atoms with E-state index < -0.39 is 17.7 Å². The predicted octanol–water partition coefficient (Wildman–Crippen LogP) is 7.16. The van der Waals surface area contributed by atoms with Crippen LogP contribution in [0.2, 0.25) is 5.02 Å². The van der Waals surface area contributed by atoms with Gasteiger partial charge in [-0.1, -0.05) is 48.8 Å². The number of anilines is 1. The zero-order valence-corrected chi connectivity index (χ0v) is 24.4. The normalized spacial score (nSPS) is 16.4. The number of thiazole rings is 1. The van der Waals surface area contributed by atoms with E-state index in [4.69, 9.17) is 25.8 Å². The third kappa shape index (κ3) is 5.60. The van der Waals surface area contributed by atoms with Crippen LogP contribution in [0.4, 0.5) is 5.13 Å². The molecular formula is C31H29ClN2O6S. The van der Waals surface area contributed by atoms with Crippen molar-refractivity contribution in [2.75, 3.05) is 25.7 Å². The van der Waals surface area contributed by atoms with Crippen molar-refractivity contribution >= 4 is 55.7 Å². The van der Waals surface area contributed by atoms with Crippen molar-refractivity contribution in [3.63, 3.8) is 0 Å². The van der Waals surface area contributed by atoms with E-state index in [0.717, 1.165) is 24.0 Å². The number of Topliss-reactive ketones (excluding diaryl/α,β-unsaturated/α-hetero) is 1. The molecule has 5 rings (SSSR count). The molecule has 1 atom stereocenters. The number of halogens is 1. The maximum absolute atomic E-state index is 13.6. The molecule has 212 valence electrons. The van der Waals surface area contributed by atoms with Crippen LogP contribution in [0.25, 0.3) is 16.0 Å². The van der Waals surface area contributed by atoms with Gasteiger partial charge >= 0.3 is 5.91 Å². The average molecular weight is 593 g/mol. The third-order valence-electron chi connectivity index (χ3n) is 6.86. The van der Waals surface area contributed by atoms with E-state index in [1.54, 1.807) is 60.7 Å². The first-order valence-electron chi connectivity index (χ1n) is 13.2. The molecule has 41 heavy (non-hydrogen) atoms. The Hall–Kier alpha value is -4.08. The first-order chi connectivity index (χ1) is 19.9. The number of aromatic nitrogens is 1. The van der Waals surface area contributed by atoms with Gasteiger partial charge in [-0.15, -0.1) is 0 Å². The van der Waals surface area contributed by atoms with E-state index in [1.807, 2.05) is 0 Å². The monoisotopic (exact) mass is 592 g/mol. The summed E-state index contributed by atoms with van der Waals surface area (Å²) in [6.07, 6.45) is 3.03. The second-order valence-electron chi connectivity index (χ2n) is 9.47. The number of aliphatic hydroxyl groups is 1. The predicted molar refractivity (Wildman–Crippen MR) is 160 cm³/mol. The molecule has 0 spiro atoms. The number of methoxy groups -OCH3 is 2. The highest BCUT2D eigenvalue weighted by molar-refractivity contribution is 7.22. The van der Waals surface area contributed by atoms with Gasteiger partial charge in [-0.25, -0.2) is 4.98 Å². The SMILES string of the molecule is CCCCCOc1ccc(C2/C(=C(\O)c3ccc(OC)cc3)C(=O)C(=O)N2c2nc3ccc(Cl)cc3s2)cc1OC. The Balaban J connectivity index is 1.65. The van der Waals surface area contributed by atoms with Gasteiger partial charge in [-0.2, -0.15) is 0 Å². The van der Waals surface area contributed by atoms with Gasteiger partial charge in [0.15, 0.2) is 16.6 Å². The number of rotatable bonds is 10. The second-order valence-corrected chi connectivity index (χ2v) is 10.9. The highest BCUT2D eigenvalue weighted by Gasteiger charge is 2.48. The number of ketones is 1. The van der Waals surface area contributed by atoms with Crippen LogP contribution in [0.1, 0.15) is 43.4 Å². The molecule has 1 saturated heterocycles. The first-order valence-corrected chi connectivity index (χ1v) is 14.4. The number of amides is 1. The Morgan fingerprint density at radius 3 is 2.49 bits per heavy atom. The summed E-state index contributed by atoms with van der Waals surface area (Å²) < 4.78 is 17.6. The van der Waals surface area contributed by atoms with Gasteiger partial charge < -0.3 is 19.3 Å². The van der Waals surface area contributed by atoms with Crippen LogP contribution in [0, 0.1) is 0 Å². The quantitative estimate of drug-likeness (QED) is 0.0902. The highest BCUT2D eigenvalue weighted by Crippen LogP contribution is 2.46. The molecule has 1 fully saturated rings. The lowest BCUT2D eigenvalue weighted by Crippen LogP contribution is -2.29. The van der Waals surface area contributed by atoms with Crippen LogP contribution in [0.15, 0.2) is 66.2 Å². The summed E-state index contributed by atoms with van der Waals surface area (Å²) >= 11 is 7.43. The Bertz CT molecular complexity index is 1630. The fourth-order valence-corrected chi connectivity index (χ4v) is 6.01. The molecule has 1 aliphatic heterocycles. The third-order valence-corrected chi connectivity index (χ3v) is 8.11. The van der Waals surface area contributed by atoms with E-state index in [2.05, 4.69) is 11.9 Å². The zero-order valence-electron chi connectivity index (χ0n) is 22.8. The topological polar surface area (TPSA) is 98.2 Å². The molecule has 0 radical (unpaired) electrons. The molecule has 0 aliphatic carbocycles. The molecule has 1 aromatic heterocycles. The van der Waals surface area contributed by atoms with Crippen molar-refractivity contribution in [3.8, 4) is 17.2 Å². The lowest BCUT2D eigenvalue weighted by molar-refractivity contribution is -0.132. The van der Waals surface area contributed by atoms with Crippen LogP contribution >= 0.6 is 22.9 Å². The number of fused-ring (bicyclic) bond motifs is 1. The maximum atomic E-state index is 13.6. The smallest absolute Gasteiger partial charge is 0.301 e. The minimum Gasteiger partial charge on any atom is -0.507 e. The van der Waals surface area contributed by atoms with E-state index in [-0.39, 0.29) is 11.3 Å². The number of carbonyl (C=O) groups excluding carboxylic acids is 2. The number of hydrogen-bond donors (Lipinski definition) is 1. The summed E-state index contributed by atoms with van der Waals surface area (Å²) in [7, 11) is 3.07. The molecule has 1 aliphatic rings. The molecule has 4 aromatic rings. The van der Waals surface area contributed by atoms with E-state index in [0.29, 0.717) is 50.7 Å². The Labute approximate surface area is 246 Å². The number of unbranched alkanes of at least 4 members (excludes halogenated alkanes) is 2. The van der Waals surface area contributed by atoms with Crippen molar-refractivity contribution in [1.29, 1.82) is 0 Å². The number of aliphatic hydroxyl groups excluding tert-OH is 1. The van der Waals surface area contributed by atoms with Crippen molar-refractivity contribution in [2.24, 2.45) is 0 Å². The maximum Gasteiger partial charge on any atom is 0.301 e. The highest BCUT2D eigenvalue weighted by atomic mass is 35.5. The van der Waals surface area contributed by atoms with Crippen LogP contribution < -0.4 is 19.1 Å². The van der Waals surface area contributed by atoms with Crippen molar-refractivity contribution in [3.05, 3.63) is 82.4 Å². The number of carbonyl (C=O) groups is 2. The van der Waals surface area contributed by atoms with Crippen LogP contribution in [0.5, 0.6) is 17.2 Å². The van der Waals surface area contributed by atoms with Gasteiger partial charge in [0, 0.05) is 10.6 Å². The minimum atomic E-state index is -0.976. The van der Waals surface area contributed by atoms with Crippen molar-refractivity contribution < 1.29 is 28.9 Å². The summed E-state index contributed by atoms with van der Waals surface area (Å²) in [5, 5.41) is 12.3. The van der Waals surface area contributed by atoms with E-state index in [9.17, 15) is 14.7 Å². The summed E-state index contributed by atoms with van der Waals surface area (Å²) in [5.74, 6) is -0.333. The molecule has 1 amide bonds. The lowest BCUT2D eigenvalue weighted by atomic mass is 9.95. The second kappa shape index (κ2) is 12.2. The summed E-state index contributed by atoms with van der Waals surface area (Å²) in [6.45, 7) is 2.66. The van der Waals surface area contributed by atoms with Crippen LogP contribution in [0.3, 0.4) is 0 Å².